The van der Waals surface area contributed by atoms with E-state index < -0.39 is 5.54 Å². The lowest BCUT2D eigenvalue weighted by molar-refractivity contribution is -0.144. The first-order valence-corrected chi connectivity index (χ1v) is 5.71. The highest BCUT2D eigenvalue weighted by atomic mass is 16.5. The minimum Gasteiger partial charge on any atom is -0.375 e. The second kappa shape index (κ2) is 4.94. The molecule has 4 nitrogen and oxygen atoms in total. The molecule has 0 radical (unpaired) electrons. The highest BCUT2D eigenvalue weighted by Crippen LogP contribution is 2.14. The molecule has 0 aromatic carbocycles. The summed E-state index contributed by atoms with van der Waals surface area (Å²) >= 11 is 0. The van der Waals surface area contributed by atoms with Crippen LogP contribution in [-0.2, 0) is 9.53 Å². The van der Waals surface area contributed by atoms with Gasteiger partial charge in [0.15, 0.2) is 0 Å². The number of carbonyl (C=O) groups excluding carboxylic acids is 1. The Hall–Kier alpha value is -0.610. The molecule has 88 valence electrons. The fourth-order valence-electron chi connectivity index (χ4n) is 1.66. The van der Waals surface area contributed by atoms with Crippen LogP contribution in [0.5, 0.6) is 0 Å². The molecule has 1 fully saturated rings. The van der Waals surface area contributed by atoms with Gasteiger partial charge in [-0.1, -0.05) is 13.8 Å². The molecule has 2 atom stereocenters. The lowest BCUT2D eigenvalue weighted by atomic mass is 9.98. The van der Waals surface area contributed by atoms with Crippen molar-refractivity contribution in [1.29, 1.82) is 0 Å². The summed E-state index contributed by atoms with van der Waals surface area (Å²) in [6.07, 6.45) is 1.78. The third kappa shape index (κ3) is 2.92. The van der Waals surface area contributed by atoms with Gasteiger partial charge in [0, 0.05) is 13.1 Å². The molecule has 1 heterocycles. The second-order valence-electron chi connectivity index (χ2n) is 4.42. The minimum atomic E-state index is -0.727. The van der Waals surface area contributed by atoms with Gasteiger partial charge < -0.3 is 15.4 Å². The molecule has 2 N–H and O–H groups in total. The predicted octanol–water partition coefficient (Wildman–Crippen LogP) is 0.751. The first kappa shape index (κ1) is 12.5. The van der Waals surface area contributed by atoms with E-state index in [1.165, 1.54) is 0 Å². The zero-order chi connectivity index (χ0) is 11.5. The van der Waals surface area contributed by atoms with Crippen LogP contribution in [0.1, 0.15) is 33.6 Å². The van der Waals surface area contributed by atoms with Gasteiger partial charge >= 0.3 is 0 Å². The number of nitrogens with zero attached hydrogens (tertiary/aromatic N) is 1. The van der Waals surface area contributed by atoms with Crippen LogP contribution in [0.3, 0.4) is 0 Å². The van der Waals surface area contributed by atoms with Crippen LogP contribution in [0.4, 0.5) is 0 Å². The van der Waals surface area contributed by atoms with E-state index >= 15 is 0 Å². The predicted molar refractivity (Wildman–Crippen MR) is 59.5 cm³/mol. The Balaban J connectivity index is 2.60. The summed E-state index contributed by atoms with van der Waals surface area (Å²) < 4.78 is 5.52. The second-order valence-corrected chi connectivity index (χ2v) is 4.42. The summed E-state index contributed by atoms with van der Waals surface area (Å²) in [5, 5.41) is 0. The van der Waals surface area contributed by atoms with Gasteiger partial charge in [-0.05, 0) is 19.8 Å². The monoisotopic (exact) mass is 214 g/mol. The number of hydrogen-bond donors (Lipinski definition) is 1. The number of nitrogens with two attached hydrogens (primary N) is 1. The lowest BCUT2D eigenvalue weighted by Gasteiger charge is -2.37. The summed E-state index contributed by atoms with van der Waals surface area (Å²) in [6, 6.07) is 0. The molecular formula is C11H22N2O2. The maximum Gasteiger partial charge on any atom is 0.242 e. The molecule has 4 heteroatoms. The zero-order valence-corrected chi connectivity index (χ0v) is 9.95. The quantitative estimate of drug-likeness (QED) is 0.754. The largest absolute Gasteiger partial charge is 0.375 e. The van der Waals surface area contributed by atoms with Crippen molar-refractivity contribution in [3.8, 4) is 0 Å². The summed E-state index contributed by atoms with van der Waals surface area (Å²) in [5.74, 6) is 0.0479. The Labute approximate surface area is 91.8 Å². The van der Waals surface area contributed by atoms with Crippen molar-refractivity contribution < 1.29 is 9.53 Å². The van der Waals surface area contributed by atoms with Crippen LogP contribution in [0, 0.1) is 0 Å². The third-order valence-corrected chi connectivity index (χ3v) is 3.10. The molecule has 0 aromatic rings. The van der Waals surface area contributed by atoms with E-state index in [4.69, 9.17) is 10.5 Å². The van der Waals surface area contributed by atoms with E-state index in [9.17, 15) is 4.79 Å². The molecule has 0 aromatic heterocycles. The molecular weight excluding hydrogens is 192 g/mol. The Morgan fingerprint density at radius 2 is 2.27 bits per heavy atom. The summed E-state index contributed by atoms with van der Waals surface area (Å²) in [7, 11) is 0. The van der Waals surface area contributed by atoms with Crippen molar-refractivity contribution in [3.63, 3.8) is 0 Å². The van der Waals surface area contributed by atoms with E-state index in [-0.39, 0.29) is 12.0 Å². The molecule has 0 aliphatic carbocycles. The van der Waals surface area contributed by atoms with Crippen LogP contribution < -0.4 is 5.73 Å². The molecule has 0 spiro atoms. The number of rotatable bonds is 3. The normalized spacial score (nSPS) is 26.1. The Bertz CT molecular complexity index is 229. The maximum atomic E-state index is 12.1. The van der Waals surface area contributed by atoms with E-state index in [2.05, 4.69) is 6.92 Å². The maximum absolute atomic E-state index is 12.1. The highest BCUT2D eigenvalue weighted by molar-refractivity contribution is 5.85. The minimum absolute atomic E-state index is 0.0479. The van der Waals surface area contributed by atoms with Crippen molar-refractivity contribution >= 4 is 5.91 Å². The molecule has 1 saturated heterocycles. The number of ether oxygens (including phenoxy) is 1. The van der Waals surface area contributed by atoms with E-state index in [1.54, 1.807) is 6.92 Å². The molecule has 15 heavy (non-hydrogen) atoms. The van der Waals surface area contributed by atoms with Crippen molar-refractivity contribution in [2.45, 2.75) is 45.3 Å². The first-order valence-electron chi connectivity index (χ1n) is 5.71. The van der Waals surface area contributed by atoms with Crippen molar-refractivity contribution in [2.24, 2.45) is 5.73 Å². The zero-order valence-electron chi connectivity index (χ0n) is 9.95. The average Bonchev–Trinajstić information content (AvgIpc) is 2.28. The van der Waals surface area contributed by atoms with Gasteiger partial charge in [0.1, 0.15) is 0 Å². The van der Waals surface area contributed by atoms with Crippen molar-refractivity contribution in [3.05, 3.63) is 0 Å². The van der Waals surface area contributed by atoms with Crippen molar-refractivity contribution in [2.75, 3.05) is 19.7 Å². The number of carbonyl (C=O) groups is 1. The first-order chi connectivity index (χ1) is 7.01. The Morgan fingerprint density at radius 1 is 1.60 bits per heavy atom. The molecule has 1 aliphatic heterocycles. The van der Waals surface area contributed by atoms with Gasteiger partial charge in [-0.25, -0.2) is 0 Å². The van der Waals surface area contributed by atoms with Crippen LogP contribution in [-0.4, -0.2) is 42.1 Å². The van der Waals surface area contributed by atoms with Gasteiger partial charge in [-0.15, -0.1) is 0 Å². The van der Waals surface area contributed by atoms with Gasteiger partial charge in [-0.3, -0.25) is 4.79 Å². The standard InChI is InChI=1S/C11H22N2O2/c1-4-9-8-13(6-7-15-9)10(14)11(3,12)5-2/h9H,4-8,12H2,1-3H3. The van der Waals surface area contributed by atoms with Gasteiger partial charge in [-0.2, -0.15) is 0 Å². The number of amides is 1. The van der Waals surface area contributed by atoms with Crippen LogP contribution in [0.15, 0.2) is 0 Å². The third-order valence-electron chi connectivity index (χ3n) is 3.10. The van der Waals surface area contributed by atoms with Gasteiger partial charge in [0.2, 0.25) is 5.91 Å². The van der Waals surface area contributed by atoms with Crippen LogP contribution in [0.2, 0.25) is 0 Å². The lowest BCUT2D eigenvalue weighted by Crippen LogP contribution is -2.57. The summed E-state index contributed by atoms with van der Waals surface area (Å²) in [5.41, 5.74) is 5.22. The molecule has 1 rings (SSSR count). The van der Waals surface area contributed by atoms with E-state index in [1.807, 2.05) is 11.8 Å². The molecule has 1 amide bonds. The van der Waals surface area contributed by atoms with Gasteiger partial charge in [0.05, 0.1) is 18.2 Å². The van der Waals surface area contributed by atoms with Crippen LogP contribution >= 0.6 is 0 Å². The molecule has 1 aliphatic rings. The smallest absolute Gasteiger partial charge is 0.242 e. The molecule has 0 saturated carbocycles. The van der Waals surface area contributed by atoms with Gasteiger partial charge in [0.25, 0.3) is 0 Å². The fraction of sp³-hybridized carbons (Fsp3) is 0.909. The van der Waals surface area contributed by atoms with E-state index in [0.29, 0.717) is 26.1 Å². The topological polar surface area (TPSA) is 55.6 Å². The molecule has 2 unspecified atom stereocenters. The number of morpholine rings is 1. The Morgan fingerprint density at radius 3 is 2.80 bits per heavy atom. The molecule has 0 bridgehead atoms. The van der Waals surface area contributed by atoms with Crippen LogP contribution in [0.25, 0.3) is 0 Å². The summed E-state index contributed by atoms with van der Waals surface area (Å²) in [4.78, 5) is 13.9. The summed E-state index contributed by atoms with van der Waals surface area (Å²) in [6.45, 7) is 7.79. The number of hydrogen-bond acceptors (Lipinski definition) is 3. The fourth-order valence-corrected chi connectivity index (χ4v) is 1.66. The highest BCUT2D eigenvalue weighted by Gasteiger charge is 2.33. The van der Waals surface area contributed by atoms with E-state index in [0.717, 1.165) is 6.42 Å². The van der Waals surface area contributed by atoms with Crippen molar-refractivity contribution in [1.82, 2.24) is 4.90 Å². The Kier molecular flexibility index (Phi) is 4.11. The average molecular weight is 214 g/mol. The SMILES string of the molecule is CCC1CN(C(=O)C(C)(N)CC)CCO1.